The summed E-state index contributed by atoms with van der Waals surface area (Å²) in [5, 5.41) is 6.52. The number of carbonyl (C=O) groups excluding carboxylic acids is 2. The maximum absolute atomic E-state index is 13.0. The van der Waals surface area contributed by atoms with Gasteiger partial charge in [-0.15, -0.1) is 4.33 Å². The number of alkyl halides is 2. The van der Waals surface area contributed by atoms with Gasteiger partial charge in [-0.25, -0.2) is 14.8 Å². The van der Waals surface area contributed by atoms with E-state index in [0.717, 1.165) is 0 Å². The van der Waals surface area contributed by atoms with E-state index in [1.165, 1.54) is 0 Å². The van der Waals surface area contributed by atoms with E-state index in [0.29, 0.717) is 6.42 Å². The third-order valence-corrected chi connectivity index (χ3v) is 2.58. The molecule has 0 aromatic carbocycles. The molecule has 0 spiro atoms. The molecule has 18 heavy (non-hydrogen) atoms. The van der Waals surface area contributed by atoms with Crippen LogP contribution in [-0.4, -0.2) is 34.7 Å². The first-order chi connectivity index (χ1) is 8.36. The summed E-state index contributed by atoms with van der Waals surface area (Å²) in [4.78, 5) is 22.3. The Balaban J connectivity index is 2.51. The third-order valence-electron chi connectivity index (χ3n) is 2.07. The molecule has 1 rings (SSSR count). The van der Waals surface area contributed by atoms with Gasteiger partial charge >= 0.3 is 17.2 Å². The van der Waals surface area contributed by atoms with Gasteiger partial charge in [0.05, 0.1) is 6.10 Å². The number of cyclic esters (lactones) is 1. The SMILES string of the molecule is CC1CCC(OC(=O)C(F)(F)SOOO)C(=O)O1. The van der Waals surface area contributed by atoms with E-state index in [1.807, 2.05) is 0 Å². The molecule has 0 saturated carbocycles. The van der Waals surface area contributed by atoms with Crippen LogP contribution in [-0.2, 0) is 28.4 Å². The van der Waals surface area contributed by atoms with Gasteiger partial charge in [0, 0.05) is 0 Å². The van der Waals surface area contributed by atoms with Crippen molar-refractivity contribution in [2.75, 3.05) is 0 Å². The van der Waals surface area contributed by atoms with Crippen molar-refractivity contribution < 1.29 is 42.5 Å². The van der Waals surface area contributed by atoms with E-state index in [9.17, 15) is 18.4 Å². The van der Waals surface area contributed by atoms with Crippen LogP contribution in [0.4, 0.5) is 8.78 Å². The van der Waals surface area contributed by atoms with E-state index >= 15 is 0 Å². The summed E-state index contributed by atoms with van der Waals surface area (Å²) in [7, 11) is 0. The zero-order chi connectivity index (χ0) is 13.8. The highest BCUT2D eigenvalue weighted by Gasteiger charge is 2.46. The highest BCUT2D eigenvalue weighted by molar-refractivity contribution is 7.96. The summed E-state index contributed by atoms with van der Waals surface area (Å²) in [6.07, 6.45) is -1.20. The lowest BCUT2D eigenvalue weighted by atomic mass is 10.1. The highest BCUT2D eigenvalue weighted by Crippen LogP contribution is 2.32. The molecule has 7 nitrogen and oxygen atoms in total. The molecule has 1 aliphatic heterocycles. The largest absolute Gasteiger partial charge is 0.460 e. The fourth-order valence-corrected chi connectivity index (χ4v) is 1.47. The standard InChI is InChI=1S/C8H10F2O7S/c1-4-2-3-5(6(11)14-4)15-7(12)8(9,10)18-17-16-13/h4-5,13H,2-3H2,1H3. The van der Waals surface area contributed by atoms with Crippen LogP contribution in [0.3, 0.4) is 0 Å². The maximum atomic E-state index is 13.0. The van der Waals surface area contributed by atoms with E-state index in [-0.39, 0.29) is 12.5 Å². The van der Waals surface area contributed by atoms with E-state index < -0.39 is 35.3 Å². The number of halogens is 2. The highest BCUT2D eigenvalue weighted by atomic mass is 32.2. The van der Waals surface area contributed by atoms with Crippen LogP contribution >= 0.6 is 12.0 Å². The molecule has 2 unspecified atom stereocenters. The summed E-state index contributed by atoms with van der Waals surface area (Å²) in [6.45, 7) is 1.63. The first-order valence-corrected chi connectivity index (χ1v) is 5.56. The molecule has 0 aromatic heterocycles. The van der Waals surface area contributed by atoms with Gasteiger partial charge in [-0.05, 0) is 19.8 Å². The summed E-state index contributed by atoms with van der Waals surface area (Å²) < 4.78 is 38.5. The molecule has 10 heteroatoms. The number of hydrogen-bond acceptors (Lipinski definition) is 8. The van der Waals surface area contributed by atoms with Gasteiger partial charge in [0.15, 0.2) is 6.10 Å². The summed E-state index contributed by atoms with van der Waals surface area (Å²) >= 11 is -0.755. The topological polar surface area (TPSA) is 91.3 Å². The van der Waals surface area contributed by atoms with Crippen LogP contribution in [0.25, 0.3) is 0 Å². The van der Waals surface area contributed by atoms with E-state index in [4.69, 9.17) is 9.99 Å². The second-order valence-electron chi connectivity index (χ2n) is 3.46. The Morgan fingerprint density at radius 2 is 2.22 bits per heavy atom. The smallest absolute Gasteiger partial charge is 0.415 e. The average molecular weight is 288 g/mol. The number of ether oxygens (including phenoxy) is 2. The van der Waals surface area contributed by atoms with Gasteiger partial charge in [-0.2, -0.15) is 8.78 Å². The monoisotopic (exact) mass is 288 g/mol. The molecule has 0 aromatic rings. The molecule has 1 N–H and O–H groups in total. The van der Waals surface area contributed by atoms with Crippen molar-refractivity contribution in [2.45, 2.75) is 37.2 Å². The van der Waals surface area contributed by atoms with Crippen molar-refractivity contribution in [1.29, 1.82) is 0 Å². The second kappa shape index (κ2) is 6.27. The molecule has 2 atom stereocenters. The molecule has 1 heterocycles. The predicted octanol–water partition coefficient (Wildman–Crippen LogP) is 1.29. The van der Waals surface area contributed by atoms with Crippen LogP contribution in [0.2, 0.25) is 0 Å². The average Bonchev–Trinajstić information content (AvgIpc) is 2.30. The zero-order valence-corrected chi connectivity index (χ0v) is 9.95. The Hall–Kier alpha value is -0.970. The molecular weight excluding hydrogens is 278 g/mol. The predicted molar refractivity (Wildman–Crippen MR) is 52.0 cm³/mol. The molecule has 1 fully saturated rings. The summed E-state index contributed by atoms with van der Waals surface area (Å²) in [5.41, 5.74) is 0. The van der Waals surface area contributed by atoms with Gasteiger partial charge < -0.3 is 9.47 Å². The summed E-state index contributed by atoms with van der Waals surface area (Å²) in [5.74, 6) is -2.86. The molecular formula is C8H10F2O7S. The normalized spacial score (nSPS) is 24.6. The Morgan fingerprint density at radius 3 is 2.78 bits per heavy atom. The number of rotatable bonds is 5. The second-order valence-corrected chi connectivity index (χ2v) is 4.28. The van der Waals surface area contributed by atoms with Gasteiger partial charge in [0.2, 0.25) is 0 Å². The maximum Gasteiger partial charge on any atom is 0.415 e. The van der Waals surface area contributed by atoms with Gasteiger partial charge in [0.1, 0.15) is 12.0 Å². The fourth-order valence-electron chi connectivity index (χ4n) is 1.23. The van der Waals surface area contributed by atoms with Gasteiger partial charge in [0.25, 0.3) is 0 Å². The van der Waals surface area contributed by atoms with Crippen molar-refractivity contribution in [2.24, 2.45) is 0 Å². The van der Waals surface area contributed by atoms with Gasteiger partial charge in [-0.1, -0.05) is 5.04 Å². The minimum atomic E-state index is -4.12. The lowest BCUT2D eigenvalue weighted by Crippen LogP contribution is -2.40. The first kappa shape index (κ1) is 15.1. The van der Waals surface area contributed by atoms with Crippen LogP contribution < -0.4 is 0 Å². The number of carbonyl (C=O) groups is 2. The molecule has 1 aliphatic rings. The molecule has 0 amide bonds. The zero-order valence-electron chi connectivity index (χ0n) is 9.13. The van der Waals surface area contributed by atoms with Crippen molar-refractivity contribution in [3.05, 3.63) is 0 Å². The Kier molecular flexibility index (Phi) is 5.26. The van der Waals surface area contributed by atoms with Crippen LogP contribution in [0.5, 0.6) is 0 Å². The molecule has 0 aliphatic carbocycles. The van der Waals surface area contributed by atoms with Crippen LogP contribution in [0, 0.1) is 0 Å². The minimum Gasteiger partial charge on any atom is -0.460 e. The third kappa shape index (κ3) is 4.05. The van der Waals surface area contributed by atoms with Crippen LogP contribution in [0.1, 0.15) is 19.8 Å². The lowest BCUT2D eigenvalue weighted by molar-refractivity contribution is -0.433. The lowest BCUT2D eigenvalue weighted by Gasteiger charge is -2.26. The molecule has 0 bridgehead atoms. The summed E-state index contributed by atoms with van der Waals surface area (Å²) in [6, 6.07) is 0. The fraction of sp³-hybridized carbons (Fsp3) is 0.750. The Bertz CT molecular complexity index is 325. The van der Waals surface area contributed by atoms with E-state index in [1.54, 1.807) is 6.92 Å². The Labute approximate surface area is 104 Å². The van der Waals surface area contributed by atoms with Crippen molar-refractivity contribution in [3.63, 3.8) is 0 Å². The molecule has 0 radical (unpaired) electrons. The van der Waals surface area contributed by atoms with Crippen LogP contribution in [0.15, 0.2) is 0 Å². The quantitative estimate of drug-likeness (QED) is 0.350. The van der Waals surface area contributed by atoms with E-state index in [2.05, 4.69) is 14.1 Å². The number of esters is 2. The van der Waals surface area contributed by atoms with Crippen molar-refractivity contribution in [1.82, 2.24) is 0 Å². The van der Waals surface area contributed by atoms with Crippen molar-refractivity contribution >= 4 is 24.0 Å². The minimum absolute atomic E-state index is 0.101. The Morgan fingerprint density at radius 1 is 1.56 bits per heavy atom. The van der Waals surface area contributed by atoms with Gasteiger partial charge in [-0.3, -0.25) is 0 Å². The molecule has 104 valence electrons. The first-order valence-electron chi connectivity index (χ1n) is 4.82. The molecule has 1 saturated heterocycles. The number of hydrogen-bond donors (Lipinski definition) is 1. The van der Waals surface area contributed by atoms with Crippen molar-refractivity contribution in [3.8, 4) is 0 Å².